The summed E-state index contributed by atoms with van der Waals surface area (Å²) in [5.41, 5.74) is 2.02. The van der Waals surface area contributed by atoms with Crippen LogP contribution in [0.5, 0.6) is 5.75 Å². The number of amides is 2. The molecule has 0 bridgehead atoms. The minimum absolute atomic E-state index is 0.141. The average Bonchev–Trinajstić information content (AvgIpc) is 2.92. The van der Waals surface area contributed by atoms with Gasteiger partial charge >= 0.3 is 0 Å². The number of benzene rings is 3. The standard InChI is InChI=1S/C30H37N3O5S/c1-23(2)20-31-30(35)28(18-24-12-7-5-8-13-24)32(21-25-14-9-6-10-15-25)29(34)22-33(39(4,36)37)26-16-11-17-27(19-26)38-3/h5-17,19,23,28H,18,20-22H2,1-4H3,(H,31,35). The minimum Gasteiger partial charge on any atom is -0.497 e. The van der Waals surface area contributed by atoms with Gasteiger partial charge in [0, 0.05) is 25.6 Å². The van der Waals surface area contributed by atoms with E-state index in [0.717, 1.165) is 21.7 Å². The normalized spacial score (nSPS) is 12.0. The third-order valence-corrected chi connectivity index (χ3v) is 7.31. The van der Waals surface area contributed by atoms with Crippen molar-refractivity contribution in [3.05, 3.63) is 96.1 Å². The van der Waals surface area contributed by atoms with E-state index >= 15 is 0 Å². The van der Waals surface area contributed by atoms with Crippen LogP contribution >= 0.6 is 0 Å². The first-order chi connectivity index (χ1) is 18.6. The summed E-state index contributed by atoms with van der Waals surface area (Å²) in [4.78, 5) is 29.1. The Balaban J connectivity index is 2.03. The van der Waals surface area contributed by atoms with Crippen molar-refractivity contribution >= 4 is 27.5 Å². The zero-order valence-electron chi connectivity index (χ0n) is 22.9. The van der Waals surface area contributed by atoms with Crippen molar-refractivity contribution in [3.63, 3.8) is 0 Å². The number of nitrogens with one attached hydrogen (secondary N) is 1. The van der Waals surface area contributed by atoms with Crippen molar-refractivity contribution in [2.75, 3.05) is 30.8 Å². The van der Waals surface area contributed by atoms with Crippen LogP contribution in [-0.4, -0.2) is 57.6 Å². The van der Waals surface area contributed by atoms with E-state index in [1.807, 2.05) is 74.5 Å². The molecule has 1 atom stereocenters. The van der Waals surface area contributed by atoms with E-state index in [2.05, 4.69) is 5.32 Å². The van der Waals surface area contributed by atoms with Gasteiger partial charge in [0.05, 0.1) is 19.1 Å². The second kappa shape index (κ2) is 13.8. The van der Waals surface area contributed by atoms with Crippen LogP contribution in [0.3, 0.4) is 0 Å². The molecule has 1 unspecified atom stereocenters. The topological polar surface area (TPSA) is 96.0 Å². The molecule has 0 spiro atoms. The molecule has 3 aromatic rings. The number of methoxy groups -OCH3 is 1. The molecule has 0 fully saturated rings. The van der Waals surface area contributed by atoms with Gasteiger partial charge in [-0.05, 0) is 29.2 Å². The Hall–Kier alpha value is -3.85. The first kappa shape index (κ1) is 29.7. The predicted molar refractivity (Wildman–Crippen MR) is 154 cm³/mol. The van der Waals surface area contributed by atoms with Crippen molar-refractivity contribution in [3.8, 4) is 5.75 Å². The minimum atomic E-state index is -3.84. The zero-order chi connectivity index (χ0) is 28.4. The molecule has 208 valence electrons. The highest BCUT2D eigenvalue weighted by molar-refractivity contribution is 7.92. The predicted octanol–water partition coefficient (Wildman–Crippen LogP) is 3.87. The van der Waals surface area contributed by atoms with Gasteiger partial charge in [-0.2, -0.15) is 0 Å². The summed E-state index contributed by atoms with van der Waals surface area (Å²) >= 11 is 0. The van der Waals surface area contributed by atoms with E-state index < -0.39 is 28.5 Å². The third-order valence-electron chi connectivity index (χ3n) is 6.17. The first-order valence-electron chi connectivity index (χ1n) is 12.8. The van der Waals surface area contributed by atoms with Crippen LogP contribution in [0.2, 0.25) is 0 Å². The Morgan fingerprint density at radius 1 is 0.897 bits per heavy atom. The van der Waals surface area contributed by atoms with Gasteiger partial charge < -0.3 is 15.0 Å². The van der Waals surface area contributed by atoms with Crippen molar-refractivity contribution in [2.24, 2.45) is 5.92 Å². The molecule has 3 rings (SSSR count). The lowest BCUT2D eigenvalue weighted by atomic mass is 10.0. The van der Waals surface area contributed by atoms with E-state index in [1.54, 1.807) is 24.3 Å². The quantitative estimate of drug-likeness (QED) is 0.348. The van der Waals surface area contributed by atoms with Gasteiger partial charge in [-0.1, -0.05) is 80.6 Å². The second-order valence-corrected chi connectivity index (χ2v) is 11.7. The van der Waals surface area contributed by atoms with Gasteiger partial charge in [-0.15, -0.1) is 0 Å². The molecule has 2 amide bonds. The van der Waals surface area contributed by atoms with Gasteiger partial charge in [-0.25, -0.2) is 8.42 Å². The SMILES string of the molecule is COc1cccc(N(CC(=O)N(Cc2ccccc2)C(Cc2ccccc2)C(=O)NCC(C)C)S(C)(=O)=O)c1. The first-order valence-corrected chi connectivity index (χ1v) is 14.7. The summed E-state index contributed by atoms with van der Waals surface area (Å²) < 4.78 is 32.0. The monoisotopic (exact) mass is 551 g/mol. The Bertz CT molecular complexity index is 1330. The molecular weight excluding hydrogens is 514 g/mol. The number of carbonyl (C=O) groups is 2. The van der Waals surface area contributed by atoms with Crippen LogP contribution in [0.1, 0.15) is 25.0 Å². The number of rotatable bonds is 13. The van der Waals surface area contributed by atoms with Gasteiger partial charge in [0.2, 0.25) is 21.8 Å². The fourth-order valence-electron chi connectivity index (χ4n) is 4.14. The molecule has 0 saturated heterocycles. The molecule has 0 aliphatic carbocycles. The van der Waals surface area contributed by atoms with Gasteiger partial charge in [0.25, 0.3) is 0 Å². The maximum absolute atomic E-state index is 14.0. The fourth-order valence-corrected chi connectivity index (χ4v) is 4.98. The highest BCUT2D eigenvalue weighted by Gasteiger charge is 2.33. The van der Waals surface area contributed by atoms with Gasteiger partial charge in [0.1, 0.15) is 18.3 Å². The summed E-state index contributed by atoms with van der Waals surface area (Å²) in [6.07, 6.45) is 1.33. The second-order valence-electron chi connectivity index (χ2n) is 9.82. The average molecular weight is 552 g/mol. The molecular formula is C30H37N3O5S. The smallest absolute Gasteiger partial charge is 0.244 e. The van der Waals surface area contributed by atoms with Crippen LogP contribution in [-0.2, 0) is 32.6 Å². The molecule has 9 heteroatoms. The molecule has 0 aliphatic rings. The Labute approximate surface area is 231 Å². The van der Waals surface area contributed by atoms with Crippen molar-refractivity contribution in [2.45, 2.75) is 32.9 Å². The van der Waals surface area contributed by atoms with Crippen molar-refractivity contribution in [1.29, 1.82) is 0 Å². The number of sulfonamides is 1. The number of carbonyl (C=O) groups excluding carboxylic acids is 2. The Morgan fingerprint density at radius 2 is 1.51 bits per heavy atom. The summed E-state index contributed by atoms with van der Waals surface area (Å²) in [5.74, 6) is -0.0972. The molecule has 1 N–H and O–H groups in total. The van der Waals surface area contributed by atoms with Crippen LogP contribution in [0.25, 0.3) is 0 Å². The summed E-state index contributed by atoms with van der Waals surface area (Å²) in [6, 6.07) is 24.5. The number of anilines is 1. The highest BCUT2D eigenvalue weighted by Crippen LogP contribution is 2.24. The molecule has 8 nitrogen and oxygen atoms in total. The summed E-state index contributed by atoms with van der Waals surface area (Å²) in [6.45, 7) is 4.12. The van der Waals surface area contributed by atoms with Gasteiger partial charge in [-0.3, -0.25) is 13.9 Å². The molecule has 0 aromatic heterocycles. The van der Waals surface area contributed by atoms with Crippen LogP contribution in [0.15, 0.2) is 84.9 Å². The largest absolute Gasteiger partial charge is 0.497 e. The lowest BCUT2D eigenvalue weighted by molar-refractivity contribution is -0.140. The lowest BCUT2D eigenvalue weighted by Gasteiger charge is -2.33. The van der Waals surface area contributed by atoms with E-state index in [-0.39, 0.29) is 24.8 Å². The summed E-state index contributed by atoms with van der Waals surface area (Å²) in [5, 5.41) is 2.97. The molecule has 39 heavy (non-hydrogen) atoms. The van der Waals surface area contributed by atoms with Crippen molar-refractivity contribution < 1.29 is 22.7 Å². The molecule has 0 aliphatic heterocycles. The van der Waals surface area contributed by atoms with Crippen LogP contribution in [0.4, 0.5) is 5.69 Å². The van der Waals surface area contributed by atoms with E-state index in [0.29, 0.717) is 18.0 Å². The maximum atomic E-state index is 14.0. The van der Waals surface area contributed by atoms with E-state index in [9.17, 15) is 18.0 Å². The fraction of sp³-hybridized carbons (Fsp3) is 0.333. The molecule has 3 aromatic carbocycles. The molecule has 0 saturated carbocycles. The number of nitrogens with zero attached hydrogens (tertiary/aromatic N) is 2. The van der Waals surface area contributed by atoms with Crippen LogP contribution in [0, 0.1) is 5.92 Å². The maximum Gasteiger partial charge on any atom is 0.244 e. The number of hydrogen-bond donors (Lipinski definition) is 1. The summed E-state index contributed by atoms with van der Waals surface area (Å²) in [7, 11) is -2.35. The van der Waals surface area contributed by atoms with E-state index in [4.69, 9.17) is 4.74 Å². The van der Waals surface area contributed by atoms with Crippen LogP contribution < -0.4 is 14.4 Å². The van der Waals surface area contributed by atoms with E-state index in [1.165, 1.54) is 12.0 Å². The Kier molecular flexibility index (Phi) is 10.5. The lowest BCUT2D eigenvalue weighted by Crippen LogP contribution is -2.53. The number of ether oxygens (including phenoxy) is 1. The molecule has 0 radical (unpaired) electrons. The zero-order valence-corrected chi connectivity index (χ0v) is 23.7. The van der Waals surface area contributed by atoms with Crippen molar-refractivity contribution in [1.82, 2.24) is 10.2 Å². The van der Waals surface area contributed by atoms with Gasteiger partial charge in [0.15, 0.2) is 0 Å². The highest BCUT2D eigenvalue weighted by atomic mass is 32.2. The Morgan fingerprint density at radius 3 is 2.08 bits per heavy atom. The number of hydrogen-bond acceptors (Lipinski definition) is 5. The molecule has 0 heterocycles. The third kappa shape index (κ3) is 8.85.